The number of benzene rings is 1. The first kappa shape index (κ1) is 12.1. The summed E-state index contributed by atoms with van der Waals surface area (Å²) < 4.78 is 9.86. The second-order valence-corrected chi connectivity index (χ2v) is 3.59. The summed E-state index contributed by atoms with van der Waals surface area (Å²) in [6.07, 6.45) is 1.29. The summed E-state index contributed by atoms with van der Waals surface area (Å²) in [4.78, 5) is 3.90. The molecule has 6 heteroatoms. The van der Waals surface area contributed by atoms with Crippen LogP contribution in [0.3, 0.4) is 0 Å². The molecular weight excluding hydrogens is 232 g/mol. The predicted octanol–water partition coefficient (Wildman–Crippen LogP) is 1.24. The molecule has 2 rings (SSSR count). The summed E-state index contributed by atoms with van der Waals surface area (Å²) in [5.41, 5.74) is 1.52. The van der Waals surface area contributed by atoms with Gasteiger partial charge in [0.05, 0.1) is 25.3 Å². The first-order valence-corrected chi connectivity index (χ1v) is 5.36. The van der Waals surface area contributed by atoms with E-state index in [2.05, 4.69) is 26.0 Å². The van der Waals surface area contributed by atoms with Gasteiger partial charge in [0.1, 0.15) is 5.75 Å². The van der Waals surface area contributed by atoms with Gasteiger partial charge >= 0.3 is 0 Å². The van der Waals surface area contributed by atoms with E-state index in [0.717, 1.165) is 11.3 Å². The van der Waals surface area contributed by atoms with Gasteiger partial charge in [-0.05, 0) is 18.2 Å². The van der Waals surface area contributed by atoms with Crippen LogP contribution >= 0.6 is 0 Å². The predicted molar refractivity (Wildman–Crippen MR) is 62.6 cm³/mol. The van der Waals surface area contributed by atoms with Crippen LogP contribution in [-0.4, -0.2) is 17.3 Å². The Morgan fingerprint density at radius 3 is 3.00 bits per heavy atom. The minimum absolute atomic E-state index is 0.496. The lowest BCUT2D eigenvalue weighted by molar-refractivity contribution is 0.403. The van der Waals surface area contributed by atoms with E-state index < -0.39 is 0 Å². The number of nitrogens with zero attached hydrogens (tertiary/aromatic N) is 3. The Morgan fingerprint density at radius 1 is 1.44 bits per heavy atom. The lowest BCUT2D eigenvalue weighted by Crippen LogP contribution is -2.14. The molecule has 0 aliphatic heterocycles. The molecule has 18 heavy (non-hydrogen) atoms. The number of nitriles is 1. The highest BCUT2D eigenvalue weighted by Crippen LogP contribution is 2.19. The fourth-order valence-corrected chi connectivity index (χ4v) is 1.57. The minimum Gasteiger partial charge on any atom is -0.496 e. The highest BCUT2D eigenvalue weighted by Gasteiger charge is 2.05. The molecule has 0 atom stereocenters. The van der Waals surface area contributed by atoms with Gasteiger partial charge < -0.3 is 14.6 Å². The molecule has 0 amide bonds. The van der Waals surface area contributed by atoms with Gasteiger partial charge in [0, 0.05) is 12.1 Å². The van der Waals surface area contributed by atoms with E-state index in [4.69, 9.17) is 10.00 Å². The van der Waals surface area contributed by atoms with Crippen molar-refractivity contribution in [2.75, 3.05) is 7.11 Å². The van der Waals surface area contributed by atoms with Crippen LogP contribution in [0.15, 0.2) is 29.1 Å². The van der Waals surface area contributed by atoms with E-state index in [1.54, 1.807) is 25.3 Å². The number of ether oxygens (including phenoxy) is 1. The van der Waals surface area contributed by atoms with Crippen LogP contribution in [0.4, 0.5) is 0 Å². The maximum Gasteiger partial charge on any atom is 0.213 e. The number of hydrogen-bond acceptors (Lipinski definition) is 6. The Labute approximate surface area is 104 Å². The molecule has 1 heterocycles. The average molecular weight is 244 g/mol. The zero-order chi connectivity index (χ0) is 12.8. The quantitative estimate of drug-likeness (QED) is 0.851. The van der Waals surface area contributed by atoms with Gasteiger partial charge in [-0.3, -0.25) is 0 Å². The van der Waals surface area contributed by atoms with Crippen LogP contribution in [-0.2, 0) is 13.1 Å². The normalized spacial score (nSPS) is 10.0. The van der Waals surface area contributed by atoms with Crippen molar-refractivity contribution >= 4 is 0 Å². The SMILES string of the molecule is COc1ccc(C#N)cc1CNCc1ncon1. The first-order valence-electron chi connectivity index (χ1n) is 5.36. The van der Waals surface area contributed by atoms with E-state index in [-0.39, 0.29) is 0 Å². The van der Waals surface area contributed by atoms with Gasteiger partial charge in [-0.1, -0.05) is 5.16 Å². The molecule has 92 valence electrons. The Morgan fingerprint density at radius 2 is 2.33 bits per heavy atom. The van der Waals surface area contributed by atoms with Gasteiger partial charge in [-0.15, -0.1) is 0 Å². The van der Waals surface area contributed by atoms with E-state index in [9.17, 15) is 0 Å². The van der Waals surface area contributed by atoms with Crippen LogP contribution in [0, 0.1) is 11.3 Å². The molecule has 0 fully saturated rings. The maximum atomic E-state index is 8.86. The molecule has 0 bridgehead atoms. The standard InChI is InChI=1S/C12H12N4O2/c1-17-11-3-2-9(5-13)4-10(11)6-14-7-12-15-8-18-16-12/h2-4,8,14H,6-7H2,1H3. The highest BCUT2D eigenvalue weighted by molar-refractivity contribution is 5.41. The fourth-order valence-electron chi connectivity index (χ4n) is 1.57. The van der Waals surface area contributed by atoms with Crippen molar-refractivity contribution in [2.45, 2.75) is 13.1 Å². The maximum absolute atomic E-state index is 8.86. The molecular formula is C12H12N4O2. The molecule has 1 aromatic carbocycles. The lowest BCUT2D eigenvalue weighted by Gasteiger charge is -2.09. The summed E-state index contributed by atoms with van der Waals surface area (Å²) in [5.74, 6) is 1.33. The second-order valence-electron chi connectivity index (χ2n) is 3.59. The van der Waals surface area contributed by atoms with E-state index >= 15 is 0 Å². The van der Waals surface area contributed by atoms with Gasteiger partial charge in [0.25, 0.3) is 0 Å². The molecule has 0 radical (unpaired) electrons. The first-order chi connectivity index (χ1) is 8.83. The third-order valence-corrected chi connectivity index (χ3v) is 2.42. The summed E-state index contributed by atoms with van der Waals surface area (Å²) in [5, 5.41) is 15.7. The molecule has 0 aliphatic carbocycles. The Bertz CT molecular complexity index is 546. The molecule has 1 N–H and O–H groups in total. The molecule has 6 nitrogen and oxygen atoms in total. The Hall–Kier alpha value is -2.39. The summed E-state index contributed by atoms with van der Waals surface area (Å²) >= 11 is 0. The van der Waals surface area contributed by atoms with Gasteiger partial charge in [-0.2, -0.15) is 10.2 Å². The van der Waals surface area contributed by atoms with Crippen LogP contribution in [0.5, 0.6) is 5.75 Å². The third-order valence-electron chi connectivity index (χ3n) is 2.42. The van der Waals surface area contributed by atoms with Crippen molar-refractivity contribution in [3.63, 3.8) is 0 Å². The molecule has 0 unspecified atom stereocenters. The van der Waals surface area contributed by atoms with Crippen molar-refractivity contribution in [1.82, 2.24) is 15.5 Å². The summed E-state index contributed by atoms with van der Waals surface area (Å²) in [6.45, 7) is 1.06. The van der Waals surface area contributed by atoms with Crippen LogP contribution < -0.4 is 10.1 Å². The third kappa shape index (κ3) is 2.84. The molecule has 0 aliphatic rings. The van der Waals surface area contributed by atoms with Crippen molar-refractivity contribution in [2.24, 2.45) is 0 Å². The second kappa shape index (κ2) is 5.80. The minimum atomic E-state index is 0.496. The number of methoxy groups -OCH3 is 1. The fraction of sp³-hybridized carbons (Fsp3) is 0.250. The number of aromatic nitrogens is 2. The monoisotopic (exact) mass is 244 g/mol. The number of rotatable bonds is 5. The smallest absolute Gasteiger partial charge is 0.213 e. The van der Waals surface area contributed by atoms with E-state index in [1.807, 2.05) is 0 Å². The molecule has 0 saturated carbocycles. The van der Waals surface area contributed by atoms with Gasteiger partial charge in [0.15, 0.2) is 5.82 Å². The molecule has 0 spiro atoms. The zero-order valence-corrected chi connectivity index (χ0v) is 9.88. The summed E-state index contributed by atoms with van der Waals surface area (Å²) in [7, 11) is 1.60. The van der Waals surface area contributed by atoms with Crippen LogP contribution in [0.25, 0.3) is 0 Å². The molecule has 2 aromatic rings. The van der Waals surface area contributed by atoms with Crippen LogP contribution in [0.2, 0.25) is 0 Å². The van der Waals surface area contributed by atoms with Crippen molar-refractivity contribution in [3.8, 4) is 11.8 Å². The Kier molecular flexibility index (Phi) is 3.89. The number of hydrogen-bond donors (Lipinski definition) is 1. The molecule has 0 saturated heterocycles. The van der Waals surface area contributed by atoms with Crippen molar-refractivity contribution in [1.29, 1.82) is 5.26 Å². The number of nitrogens with one attached hydrogen (secondary N) is 1. The topological polar surface area (TPSA) is 84.0 Å². The lowest BCUT2D eigenvalue weighted by atomic mass is 10.1. The van der Waals surface area contributed by atoms with E-state index in [1.165, 1.54) is 6.39 Å². The van der Waals surface area contributed by atoms with Crippen molar-refractivity contribution in [3.05, 3.63) is 41.5 Å². The van der Waals surface area contributed by atoms with Gasteiger partial charge in [0.2, 0.25) is 6.39 Å². The molecule has 1 aromatic heterocycles. The zero-order valence-electron chi connectivity index (χ0n) is 9.88. The Balaban J connectivity index is 2.01. The largest absolute Gasteiger partial charge is 0.496 e. The highest BCUT2D eigenvalue weighted by atomic mass is 16.5. The summed E-state index contributed by atoms with van der Waals surface area (Å²) in [6, 6.07) is 7.40. The van der Waals surface area contributed by atoms with Gasteiger partial charge in [-0.25, -0.2) is 0 Å². The average Bonchev–Trinajstić information content (AvgIpc) is 2.92. The van der Waals surface area contributed by atoms with Crippen LogP contribution in [0.1, 0.15) is 17.0 Å². The van der Waals surface area contributed by atoms with E-state index in [0.29, 0.717) is 24.5 Å². The van der Waals surface area contributed by atoms with Crippen molar-refractivity contribution < 1.29 is 9.26 Å².